The van der Waals surface area contributed by atoms with Gasteiger partial charge in [-0.3, -0.25) is 0 Å². The second-order valence-corrected chi connectivity index (χ2v) is 5.28. The van der Waals surface area contributed by atoms with Crippen LogP contribution in [0.3, 0.4) is 0 Å². The Balaban J connectivity index is 2.22. The van der Waals surface area contributed by atoms with Crippen molar-refractivity contribution in [1.82, 2.24) is 5.32 Å². The molecule has 0 aliphatic rings. The van der Waals surface area contributed by atoms with Gasteiger partial charge in [0.25, 0.3) is 0 Å². The molecular formula is C16H17ClFNO. The molecule has 0 spiro atoms. The third-order valence-electron chi connectivity index (χ3n) is 2.75. The molecule has 106 valence electrons. The van der Waals surface area contributed by atoms with Crippen molar-refractivity contribution < 1.29 is 9.13 Å². The van der Waals surface area contributed by atoms with Crippen molar-refractivity contribution >= 4 is 11.6 Å². The average Bonchev–Trinajstić information content (AvgIpc) is 2.37. The molecule has 0 heterocycles. The van der Waals surface area contributed by atoms with Crippen molar-refractivity contribution in [2.45, 2.75) is 26.4 Å². The number of nitrogens with one attached hydrogen (secondary N) is 1. The number of hydrogen-bond donors (Lipinski definition) is 1. The summed E-state index contributed by atoms with van der Waals surface area (Å²) in [4.78, 5) is 0. The summed E-state index contributed by atoms with van der Waals surface area (Å²) < 4.78 is 18.9. The molecule has 2 rings (SSSR count). The maximum atomic E-state index is 13.2. The molecule has 4 heteroatoms. The van der Waals surface area contributed by atoms with Gasteiger partial charge in [-0.15, -0.1) is 0 Å². The Bertz CT molecular complexity index is 586. The lowest BCUT2D eigenvalue weighted by atomic mass is 10.2. The molecule has 0 fully saturated rings. The van der Waals surface area contributed by atoms with Crippen molar-refractivity contribution in [2.24, 2.45) is 0 Å². The lowest BCUT2D eigenvalue weighted by Crippen LogP contribution is -2.22. The molecule has 0 amide bonds. The van der Waals surface area contributed by atoms with Gasteiger partial charge in [-0.25, -0.2) is 4.39 Å². The van der Waals surface area contributed by atoms with Gasteiger partial charge in [-0.2, -0.15) is 0 Å². The Kier molecular flexibility index (Phi) is 4.99. The minimum Gasteiger partial charge on any atom is -0.457 e. The van der Waals surface area contributed by atoms with Crippen LogP contribution < -0.4 is 10.1 Å². The van der Waals surface area contributed by atoms with Crippen molar-refractivity contribution in [3.63, 3.8) is 0 Å². The SMILES string of the molecule is CC(C)NCc1ccc(Cl)cc1Oc1cccc(F)c1. The van der Waals surface area contributed by atoms with Crippen LogP contribution in [0.25, 0.3) is 0 Å². The topological polar surface area (TPSA) is 21.3 Å². The molecule has 0 bridgehead atoms. The first-order valence-electron chi connectivity index (χ1n) is 6.50. The third-order valence-corrected chi connectivity index (χ3v) is 2.99. The Morgan fingerprint density at radius 2 is 2.00 bits per heavy atom. The average molecular weight is 294 g/mol. The number of ether oxygens (including phenoxy) is 1. The molecule has 0 unspecified atom stereocenters. The summed E-state index contributed by atoms with van der Waals surface area (Å²) in [5, 5.41) is 3.91. The van der Waals surface area contributed by atoms with Crippen molar-refractivity contribution in [3.05, 3.63) is 58.9 Å². The minimum atomic E-state index is -0.327. The second-order valence-electron chi connectivity index (χ2n) is 4.85. The maximum Gasteiger partial charge on any atom is 0.133 e. The molecule has 0 saturated heterocycles. The molecular weight excluding hydrogens is 277 g/mol. The molecule has 0 saturated carbocycles. The van der Waals surface area contributed by atoms with Crippen LogP contribution in [0.15, 0.2) is 42.5 Å². The summed E-state index contributed by atoms with van der Waals surface area (Å²) in [6.45, 7) is 4.81. The Morgan fingerprint density at radius 3 is 2.70 bits per heavy atom. The van der Waals surface area contributed by atoms with Crippen molar-refractivity contribution in [2.75, 3.05) is 0 Å². The van der Waals surface area contributed by atoms with E-state index in [1.54, 1.807) is 18.2 Å². The summed E-state index contributed by atoms with van der Waals surface area (Å²) in [5.74, 6) is 0.765. The van der Waals surface area contributed by atoms with Crippen LogP contribution in [-0.4, -0.2) is 6.04 Å². The van der Waals surface area contributed by atoms with E-state index in [4.69, 9.17) is 16.3 Å². The highest BCUT2D eigenvalue weighted by Crippen LogP contribution is 2.28. The molecule has 0 aliphatic heterocycles. The summed E-state index contributed by atoms with van der Waals surface area (Å²) in [7, 11) is 0. The monoisotopic (exact) mass is 293 g/mol. The van der Waals surface area contributed by atoms with Gasteiger partial charge in [-0.1, -0.05) is 37.6 Å². The summed E-state index contributed by atoms with van der Waals surface area (Å²) in [5.41, 5.74) is 0.979. The van der Waals surface area contributed by atoms with Crippen LogP contribution >= 0.6 is 11.6 Å². The highest BCUT2D eigenvalue weighted by Gasteiger charge is 2.07. The molecule has 20 heavy (non-hydrogen) atoms. The zero-order valence-corrected chi connectivity index (χ0v) is 12.2. The smallest absolute Gasteiger partial charge is 0.133 e. The van der Waals surface area contributed by atoms with Gasteiger partial charge in [0.1, 0.15) is 17.3 Å². The molecule has 0 radical (unpaired) electrons. The standard InChI is InChI=1S/C16H17ClFNO/c1-11(2)19-10-12-6-7-13(17)8-16(12)20-15-5-3-4-14(18)9-15/h3-9,11,19H,10H2,1-2H3. The first-order chi connectivity index (χ1) is 9.54. The molecule has 2 aromatic carbocycles. The molecule has 0 aromatic heterocycles. The molecule has 2 nitrogen and oxygen atoms in total. The highest BCUT2D eigenvalue weighted by molar-refractivity contribution is 6.30. The first-order valence-corrected chi connectivity index (χ1v) is 6.87. The predicted octanol–water partition coefficient (Wildman–Crippen LogP) is 4.77. The van der Waals surface area contributed by atoms with Gasteiger partial charge in [-0.05, 0) is 24.3 Å². The van der Waals surface area contributed by atoms with Gasteiger partial charge < -0.3 is 10.1 Å². The normalized spacial score (nSPS) is 10.8. The van der Waals surface area contributed by atoms with Crippen LogP contribution in [0.4, 0.5) is 4.39 Å². The van der Waals surface area contributed by atoms with Gasteiger partial charge in [0, 0.05) is 29.2 Å². The second kappa shape index (κ2) is 6.73. The van der Waals surface area contributed by atoms with Gasteiger partial charge in [0.05, 0.1) is 0 Å². The van der Waals surface area contributed by atoms with E-state index in [0.717, 1.165) is 5.56 Å². The van der Waals surface area contributed by atoms with E-state index in [1.807, 2.05) is 12.1 Å². The Morgan fingerprint density at radius 1 is 1.20 bits per heavy atom. The Labute approximate surface area is 123 Å². The largest absolute Gasteiger partial charge is 0.457 e. The molecule has 0 atom stereocenters. The van der Waals surface area contributed by atoms with E-state index >= 15 is 0 Å². The fourth-order valence-corrected chi connectivity index (χ4v) is 1.90. The van der Waals surface area contributed by atoms with Crippen molar-refractivity contribution in [3.8, 4) is 11.5 Å². The van der Waals surface area contributed by atoms with Gasteiger partial charge >= 0.3 is 0 Å². The van der Waals surface area contributed by atoms with E-state index in [2.05, 4.69) is 19.2 Å². The number of rotatable bonds is 5. The molecule has 0 aliphatic carbocycles. The van der Waals surface area contributed by atoms with Crippen LogP contribution in [0.1, 0.15) is 19.4 Å². The quantitative estimate of drug-likeness (QED) is 0.857. The van der Waals surface area contributed by atoms with E-state index < -0.39 is 0 Å². The summed E-state index contributed by atoms with van der Waals surface area (Å²) in [6, 6.07) is 11.9. The molecule has 1 N–H and O–H groups in total. The number of halogens is 2. The first kappa shape index (κ1) is 14.8. The van der Waals surface area contributed by atoms with Gasteiger partial charge in [0.2, 0.25) is 0 Å². The zero-order chi connectivity index (χ0) is 14.5. The third kappa shape index (κ3) is 4.22. The van der Waals surface area contributed by atoms with Crippen LogP contribution in [0.2, 0.25) is 5.02 Å². The van der Waals surface area contributed by atoms with E-state index in [1.165, 1.54) is 12.1 Å². The van der Waals surface area contributed by atoms with E-state index in [0.29, 0.717) is 29.1 Å². The predicted molar refractivity (Wildman–Crippen MR) is 79.9 cm³/mol. The molecule has 2 aromatic rings. The maximum absolute atomic E-state index is 13.2. The fraction of sp³-hybridized carbons (Fsp3) is 0.250. The van der Waals surface area contributed by atoms with Crippen LogP contribution in [0.5, 0.6) is 11.5 Å². The lowest BCUT2D eigenvalue weighted by molar-refractivity contribution is 0.464. The van der Waals surface area contributed by atoms with Crippen LogP contribution in [-0.2, 0) is 6.54 Å². The minimum absolute atomic E-state index is 0.327. The van der Waals surface area contributed by atoms with Crippen molar-refractivity contribution in [1.29, 1.82) is 0 Å². The summed E-state index contributed by atoms with van der Waals surface area (Å²) >= 11 is 6.00. The Hall–Kier alpha value is -1.58. The van der Waals surface area contributed by atoms with Gasteiger partial charge in [0.15, 0.2) is 0 Å². The fourth-order valence-electron chi connectivity index (χ4n) is 1.74. The zero-order valence-electron chi connectivity index (χ0n) is 11.5. The number of benzene rings is 2. The highest BCUT2D eigenvalue weighted by atomic mass is 35.5. The van der Waals surface area contributed by atoms with E-state index in [9.17, 15) is 4.39 Å². The van der Waals surface area contributed by atoms with Crippen LogP contribution in [0, 0.1) is 5.82 Å². The number of hydrogen-bond acceptors (Lipinski definition) is 2. The van der Waals surface area contributed by atoms with E-state index in [-0.39, 0.29) is 5.82 Å². The lowest BCUT2D eigenvalue weighted by Gasteiger charge is -2.14. The summed E-state index contributed by atoms with van der Waals surface area (Å²) in [6.07, 6.45) is 0.